The second kappa shape index (κ2) is 9.08. The van der Waals surface area contributed by atoms with Crippen LogP contribution in [0.1, 0.15) is 17.5 Å². The van der Waals surface area contributed by atoms with Crippen LogP contribution in [-0.2, 0) is 20.7 Å². The SMILES string of the molecule is COc1ccccc1CCC(=O)OCC(=O)Nc1ccc(Cl)cc1C. The number of amides is 1. The van der Waals surface area contributed by atoms with Crippen molar-refractivity contribution in [2.75, 3.05) is 19.0 Å². The second-order valence-corrected chi connectivity index (χ2v) is 5.92. The van der Waals surface area contributed by atoms with E-state index in [9.17, 15) is 9.59 Å². The number of hydrogen-bond donors (Lipinski definition) is 1. The molecule has 0 radical (unpaired) electrons. The van der Waals surface area contributed by atoms with E-state index in [1.165, 1.54) is 0 Å². The Balaban J connectivity index is 1.78. The van der Waals surface area contributed by atoms with Crippen molar-refractivity contribution in [3.63, 3.8) is 0 Å². The van der Waals surface area contributed by atoms with Gasteiger partial charge in [0.25, 0.3) is 5.91 Å². The minimum Gasteiger partial charge on any atom is -0.496 e. The van der Waals surface area contributed by atoms with Crippen LogP contribution < -0.4 is 10.1 Å². The van der Waals surface area contributed by atoms with Gasteiger partial charge >= 0.3 is 5.97 Å². The number of rotatable bonds is 7. The van der Waals surface area contributed by atoms with Gasteiger partial charge in [0, 0.05) is 17.1 Å². The number of esters is 1. The zero-order valence-electron chi connectivity index (χ0n) is 14.2. The number of nitrogens with one attached hydrogen (secondary N) is 1. The molecule has 0 aliphatic rings. The fraction of sp³-hybridized carbons (Fsp3) is 0.263. The average molecular weight is 362 g/mol. The summed E-state index contributed by atoms with van der Waals surface area (Å²) >= 11 is 5.87. The van der Waals surface area contributed by atoms with Crippen LogP contribution in [0.25, 0.3) is 0 Å². The lowest BCUT2D eigenvalue weighted by molar-refractivity contribution is -0.147. The summed E-state index contributed by atoms with van der Waals surface area (Å²) in [5, 5.41) is 3.29. The molecule has 0 heterocycles. The quantitative estimate of drug-likeness (QED) is 0.762. The highest BCUT2D eigenvalue weighted by molar-refractivity contribution is 6.30. The molecule has 0 fully saturated rings. The Morgan fingerprint density at radius 1 is 1.16 bits per heavy atom. The normalized spacial score (nSPS) is 10.2. The van der Waals surface area contributed by atoms with Crippen molar-refractivity contribution in [3.8, 4) is 5.75 Å². The van der Waals surface area contributed by atoms with Gasteiger partial charge in [-0.1, -0.05) is 29.8 Å². The Morgan fingerprint density at radius 3 is 2.64 bits per heavy atom. The van der Waals surface area contributed by atoms with Gasteiger partial charge in [0.1, 0.15) is 5.75 Å². The number of carbonyl (C=O) groups is 2. The van der Waals surface area contributed by atoms with E-state index in [1.54, 1.807) is 25.3 Å². The van der Waals surface area contributed by atoms with E-state index in [2.05, 4.69) is 5.32 Å². The number of halogens is 1. The van der Waals surface area contributed by atoms with Crippen molar-refractivity contribution in [3.05, 3.63) is 58.6 Å². The number of anilines is 1. The molecular weight excluding hydrogens is 342 g/mol. The molecule has 25 heavy (non-hydrogen) atoms. The number of ether oxygens (including phenoxy) is 2. The van der Waals surface area contributed by atoms with Gasteiger partial charge < -0.3 is 14.8 Å². The van der Waals surface area contributed by atoms with Crippen molar-refractivity contribution < 1.29 is 19.1 Å². The first-order valence-corrected chi connectivity index (χ1v) is 8.21. The van der Waals surface area contributed by atoms with Crippen LogP contribution in [0.4, 0.5) is 5.69 Å². The zero-order valence-corrected chi connectivity index (χ0v) is 14.9. The molecule has 0 saturated carbocycles. The molecule has 0 aliphatic heterocycles. The van der Waals surface area contributed by atoms with Crippen LogP contribution in [-0.4, -0.2) is 25.6 Å². The van der Waals surface area contributed by atoms with Gasteiger partial charge in [0.15, 0.2) is 6.61 Å². The van der Waals surface area contributed by atoms with Gasteiger partial charge in [-0.2, -0.15) is 0 Å². The van der Waals surface area contributed by atoms with Crippen LogP contribution in [0, 0.1) is 6.92 Å². The predicted octanol–water partition coefficient (Wildman–Crippen LogP) is 3.77. The van der Waals surface area contributed by atoms with Gasteiger partial charge in [-0.3, -0.25) is 9.59 Å². The highest BCUT2D eigenvalue weighted by Gasteiger charge is 2.11. The fourth-order valence-electron chi connectivity index (χ4n) is 2.32. The third-order valence-electron chi connectivity index (χ3n) is 3.62. The van der Waals surface area contributed by atoms with E-state index in [0.29, 0.717) is 17.1 Å². The smallest absolute Gasteiger partial charge is 0.306 e. The first kappa shape index (κ1) is 18.8. The molecule has 5 nitrogen and oxygen atoms in total. The second-order valence-electron chi connectivity index (χ2n) is 5.48. The van der Waals surface area contributed by atoms with E-state index in [1.807, 2.05) is 31.2 Å². The third-order valence-corrected chi connectivity index (χ3v) is 3.85. The number of hydrogen-bond acceptors (Lipinski definition) is 4. The minimum absolute atomic E-state index is 0.174. The number of carbonyl (C=O) groups excluding carboxylic acids is 2. The Kier molecular flexibility index (Phi) is 6.83. The first-order chi connectivity index (χ1) is 12.0. The van der Waals surface area contributed by atoms with E-state index in [-0.39, 0.29) is 13.0 Å². The Morgan fingerprint density at radius 2 is 1.92 bits per heavy atom. The number of methoxy groups -OCH3 is 1. The summed E-state index contributed by atoms with van der Waals surface area (Å²) in [6.45, 7) is 1.51. The molecule has 132 valence electrons. The number of benzene rings is 2. The molecule has 2 aromatic carbocycles. The maximum Gasteiger partial charge on any atom is 0.306 e. The molecule has 0 bridgehead atoms. The molecule has 0 spiro atoms. The van der Waals surface area contributed by atoms with E-state index in [4.69, 9.17) is 21.1 Å². The van der Waals surface area contributed by atoms with E-state index < -0.39 is 11.9 Å². The molecule has 0 aliphatic carbocycles. The summed E-state index contributed by atoms with van der Waals surface area (Å²) in [5.41, 5.74) is 2.39. The lowest BCUT2D eigenvalue weighted by Gasteiger charge is -2.10. The molecule has 2 rings (SSSR count). The zero-order chi connectivity index (χ0) is 18.2. The summed E-state index contributed by atoms with van der Waals surface area (Å²) in [6.07, 6.45) is 0.661. The highest BCUT2D eigenvalue weighted by Crippen LogP contribution is 2.20. The Hall–Kier alpha value is -2.53. The van der Waals surface area contributed by atoms with Gasteiger partial charge in [-0.25, -0.2) is 0 Å². The number of para-hydroxylation sites is 1. The van der Waals surface area contributed by atoms with Gasteiger partial charge in [-0.15, -0.1) is 0 Å². The van der Waals surface area contributed by atoms with Gasteiger partial charge in [0.05, 0.1) is 7.11 Å². The molecule has 0 aromatic heterocycles. The standard InChI is InChI=1S/C19H20ClNO4/c1-13-11-15(20)8-9-16(13)21-18(22)12-25-19(23)10-7-14-5-3-4-6-17(14)24-2/h3-6,8-9,11H,7,10,12H2,1-2H3,(H,21,22). The minimum atomic E-state index is -0.436. The van der Waals surface area contributed by atoms with Crippen molar-refractivity contribution in [1.29, 1.82) is 0 Å². The lowest BCUT2D eigenvalue weighted by Crippen LogP contribution is -2.21. The van der Waals surface area contributed by atoms with E-state index >= 15 is 0 Å². The molecule has 1 amide bonds. The van der Waals surface area contributed by atoms with Crippen LogP contribution in [0.15, 0.2) is 42.5 Å². The highest BCUT2D eigenvalue weighted by atomic mass is 35.5. The van der Waals surface area contributed by atoms with Crippen molar-refractivity contribution >= 4 is 29.2 Å². The lowest BCUT2D eigenvalue weighted by atomic mass is 10.1. The summed E-state index contributed by atoms with van der Waals surface area (Å²) in [5.74, 6) is -0.101. The predicted molar refractivity (Wildman–Crippen MR) is 97.1 cm³/mol. The first-order valence-electron chi connectivity index (χ1n) is 7.83. The monoisotopic (exact) mass is 361 g/mol. The van der Waals surface area contributed by atoms with Gasteiger partial charge in [-0.05, 0) is 48.7 Å². The summed E-state index contributed by atoms with van der Waals surface area (Å²) < 4.78 is 10.3. The van der Waals surface area contributed by atoms with Crippen molar-refractivity contribution in [1.82, 2.24) is 0 Å². The van der Waals surface area contributed by atoms with Crippen LogP contribution in [0.3, 0.4) is 0 Å². The Labute approximate surface area is 151 Å². The summed E-state index contributed by atoms with van der Waals surface area (Å²) in [7, 11) is 1.58. The van der Waals surface area contributed by atoms with Crippen LogP contribution in [0.5, 0.6) is 5.75 Å². The molecule has 2 aromatic rings. The average Bonchev–Trinajstić information content (AvgIpc) is 2.60. The Bertz CT molecular complexity index is 761. The molecular formula is C19H20ClNO4. The molecule has 0 atom stereocenters. The molecule has 0 unspecified atom stereocenters. The topological polar surface area (TPSA) is 64.6 Å². The van der Waals surface area contributed by atoms with Crippen molar-refractivity contribution in [2.24, 2.45) is 0 Å². The number of aryl methyl sites for hydroxylation is 2. The molecule has 0 saturated heterocycles. The van der Waals surface area contributed by atoms with Crippen molar-refractivity contribution in [2.45, 2.75) is 19.8 Å². The molecule has 1 N–H and O–H groups in total. The van der Waals surface area contributed by atoms with Crippen LogP contribution in [0.2, 0.25) is 5.02 Å². The van der Waals surface area contributed by atoms with Gasteiger partial charge in [0.2, 0.25) is 0 Å². The summed E-state index contributed by atoms with van der Waals surface area (Å²) in [4.78, 5) is 23.7. The fourth-order valence-corrected chi connectivity index (χ4v) is 2.54. The maximum absolute atomic E-state index is 11.9. The summed E-state index contributed by atoms with van der Waals surface area (Å²) in [6, 6.07) is 12.6. The van der Waals surface area contributed by atoms with Crippen LogP contribution >= 0.6 is 11.6 Å². The maximum atomic E-state index is 11.9. The molecule has 6 heteroatoms. The van der Waals surface area contributed by atoms with E-state index in [0.717, 1.165) is 16.9 Å². The largest absolute Gasteiger partial charge is 0.496 e. The third kappa shape index (κ3) is 5.80.